The van der Waals surface area contributed by atoms with E-state index in [1.807, 2.05) is 30.0 Å². The van der Waals surface area contributed by atoms with Crippen LogP contribution < -0.4 is 11.1 Å². The molecule has 0 aliphatic carbocycles. The van der Waals surface area contributed by atoms with Crippen molar-refractivity contribution >= 4 is 17.7 Å². The predicted octanol–water partition coefficient (Wildman–Crippen LogP) is 4.31. The van der Waals surface area contributed by atoms with E-state index in [0.717, 1.165) is 11.3 Å². The molecular weight excluding hydrogens is 364 g/mol. The highest BCUT2D eigenvalue weighted by molar-refractivity contribution is 8.00. The molecule has 0 aliphatic rings. The van der Waals surface area contributed by atoms with E-state index in [1.165, 1.54) is 16.7 Å². The van der Waals surface area contributed by atoms with E-state index < -0.39 is 0 Å². The Morgan fingerprint density at radius 2 is 1.46 bits per heavy atom. The van der Waals surface area contributed by atoms with Crippen molar-refractivity contribution in [2.45, 2.75) is 18.2 Å². The third-order valence-corrected chi connectivity index (χ3v) is 6.25. The highest BCUT2D eigenvalue weighted by Crippen LogP contribution is 2.48. The minimum absolute atomic E-state index is 0.0275. The van der Waals surface area contributed by atoms with Crippen LogP contribution in [-0.4, -0.2) is 18.2 Å². The Morgan fingerprint density at radius 1 is 0.893 bits per heavy atom. The maximum Gasteiger partial charge on any atom is 0.217 e. The summed E-state index contributed by atoms with van der Waals surface area (Å²) in [6, 6.07) is 29.6. The van der Waals surface area contributed by atoms with E-state index in [9.17, 15) is 4.79 Å². The molecule has 144 valence electrons. The molecule has 0 fully saturated rings. The molecule has 0 atom stereocenters. The number of nitrogens with two attached hydrogens (primary N) is 1. The number of hydrogen-bond donors (Lipinski definition) is 2. The summed E-state index contributed by atoms with van der Waals surface area (Å²) in [6.45, 7) is 2.67. The van der Waals surface area contributed by atoms with E-state index in [2.05, 4.69) is 72.0 Å². The van der Waals surface area contributed by atoms with Crippen LogP contribution in [0.15, 0.2) is 84.9 Å². The molecule has 0 bridgehead atoms. The normalized spacial score (nSPS) is 11.2. The zero-order valence-corrected chi connectivity index (χ0v) is 16.9. The Balaban J connectivity index is 2.18. The van der Waals surface area contributed by atoms with Gasteiger partial charge in [-0.25, -0.2) is 0 Å². The van der Waals surface area contributed by atoms with Crippen LogP contribution in [0, 0.1) is 0 Å². The summed E-state index contributed by atoms with van der Waals surface area (Å²) in [5.41, 5.74) is 10.6. The Bertz CT molecular complexity index is 857. The van der Waals surface area contributed by atoms with Gasteiger partial charge in [-0.15, -0.1) is 11.8 Å². The second-order valence-corrected chi connectivity index (χ2v) is 7.97. The number of carbonyl (C=O) groups is 1. The number of benzene rings is 3. The van der Waals surface area contributed by atoms with Crippen molar-refractivity contribution < 1.29 is 4.79 Å². The zero-order valence-electron chi connectivity index (χ0n) is 16.1. The minimum Gasteiger partial charge on any atom is -0.352 e. The van der Waals surface area contributed by atoms with Crippen LogP contribution in [0.1, 0.15) is 29.2 Å². The fourth-order valence-corrected chi connectivity index (χ4v) is 4.76. The van der Waals surface area contributed by atoms with Gasteiger partial charge in [0.05, 0.1) is 4.75 Å². The smallest absolute Gasteiger partial charge is 0.217 e. The molecule has 28 heavy (non-hydrogen) atoms. The molecule has 3 rings (SSSR count). The average molecular weight is 391 g/mol. The van der Waals surface area contributed by atoms with Gasteiger partial charge in [0.2, 0.25) is 5.91 Å². The molecule has 0 radical (unpaired) electrons. The van der Waals surface area contributed by atoms with Gasteiger partial charge in [-0.1, -0.05) is 84.9 Å². The van der Waals surface area contributed by atoms with Crippen molar-refractivity contribution in [3.8, 4) is 0 Å². The Hall–Kier alpha value is -2.56. The first-order valence-electron chi connectivity index (χ1n) is 9.46. The molecule has 0 saturated heterocycles. The second-order valence-electron chi connectivity index (χ2n) is 6.66. The molecule has 0 heterocycles. The van der Waals surface area contributed by atoms with E-state index in [0.29, 0.717) is 13.1 Å². The summed E-state index contributed by atoms with van der Waals surface area (Å²) < 4.78 is -0.367. The highest BCUT2D eigenvalue weighted by Gasteiger charge is 2.36. The van der Waals surface area contributed by atoms with Crippen molar-refractivity contribution in [3.63, 3.8) is 0 Å². The Morgan fingerprint density at radius 3 is 2.00 bits per heavy atom. The van der Waals surface area contributed by atoms with E-state index in [4.69, 9.17) is 5.73 Å². The van der Waals surface area contributed by atoms with Gasteiger partial charge < -0.3 is 11.1 Å². The summed E-state index contributed by atoms with van der Waals surface area (Å²) in [6.07, 6.45) is 0. The third kappa shape index (κ3) is 4.46. The monoisotopic (exact) mass is 390 g/mol. The molecule has 0 saturated carbocycles. The van der Waals surface area contributed by atoms with Gasteiger partial charge in [0.15, 0.2) is 0 Å². The number of carbonyl (C=O) groups excluding carboxylic acids is 1. The Kier molecular flexibility index (Phi) is 6.90. The van der Waals surface area contributed by atoms with Gasteiger partial charge in [-0.05, 0) is 22.3 Å². The zero-order chi connectivity index (χ0) is 19.8. The maximum absolute atomic E-state index is 11.4. The second kappa shape index (κ2) is 9.58. The van der Waals surface area contributed by atoms with Crippen LogP contribution >= 0.6 is 11.8 Å². The SMILES string of the molecule is CC(=O)NCc1cccc(C(SCCN)(c2ccccc2)c2ccccc2)c1. The van der Waals surface area contributed by atoms with Gasteiger partial charge in [0.1, 0.15) is 0 Å². The highest BCUT2D eigenvalue weighted by atomic mass is 32.2. The minimum atomic E-state index is -0.367. The summed E-state index contributed by atoms with van der Waals surface area (Å²) in [7, 11) is 0. The lowest BCUT2D eigenvalue weighted by Crippen LogP contribution is -2.27. The van der Waals surface area contributed by atoms with Crippen molar-refractivity contribution in [2.75, 3.05) is 12.3 Å². The maximum atomic E-state index is 11.4. The summed E-state index contributed by atoms with van der Waals surface area (Å²) >= 11 is 1.85. The average Bonchev–Trinajstić information content (AvgIpc) is 2.75. The van der Waals surface area contributed by atoms with Crippen LogP contribution in [0.2, 0.25) is 0 Å². The van der Waals surface area contributed by atoms with Gasteiger partial charge in [-0.3, -0.25) is 4.79 Å². The summed E-state index contributed by atoms with van der Waals surface area (Å²) in [5, 5.41) is 2.90. The fourth-order valence-electron chi connectivity index (χ4n) is 3.43. The number of hydrogen-bond acceptors (Lipinski definition) is 3. The molecule has 0 aromatic heterocycles. The van der Waals surface area contributed by atoms with Gasteiger partial charge in [-0.2, -0.15) is 0 Å². The summed E-state index contributed by atoms with van der Waals surface area (Å²) in [4.78, 5) is 11.4. The van der Waals surface area contributed by atoms with Crippen molar-refractivity contribution in [3.05, 3.63) is 107 Å². The number of nitrogens with one attached hydrogen (secondary N) is 1. The first kappa shape index (κ1) is 20.2. The van der Waals surface area contributed by atoms with Crippen molar-refractivity contribution in [2.24, 2.45) is 5.73 Å². The van der Waals surface area contributed by atoms with Crippen molar-refractivity contribution in [1.29, 1.82) is 0 Å². The topological polar surface area (TPSA) is 55.1 Å². The van der Waals surface area contributed by atoms with Crippen LogP contribution in [0.4, 0.5) is 0 Å². The molecule has 1 amide bonds. The summed E-state index contributed by atoms with van der Waals surface area (Å²) in [5.74, 6) is 0.806. The molecule has 4 heteroatoms. The van der Waals surface area contributed by atoms with Crippen molar-refractivity contribution in [1.82, 2.24) is 5.32 Å². The number of amides is 1. The lowest BCUT2D eigenvalue weighted by Gasteiger charge is -2.35. The first-order valence-corrected chi connectivity index (χ1v) is 10.4. The predicted molar refractivity (Wildman–Crippen MR) is 118 cm³/mol. The first-order chi connectivity index (χ1) is 13.7. The van der Waals surface area contributed by atoms with Crippen LogP contribution in [0.3, 0.4) is 0 Å². The molecule has 0 aliphatic heterocycles. The molecule has 3 nitrogen and oxygen atoms in total. The quantitative estimate of drug-likeness (QED) is 0.564. The van der Waals surface area contributed by atoms with Crippen LogP contribution in [0.25, 0.3) is 0 Å². The van der Waals surface area contributed by atoms with Gasteiger partial charge >= 0.3 is 0 Å². The largest absolute Gasteiger partial charge is 0.352 e. The van der Waals surface area contributed by atoms with E-state index >= 15 is 0 Å². The van der Waals surface area contributed by atoms with E-state index in [-0.39, 0.29) is 10.7 Å². The number of rotatable bonds is 8. The van der Waals surface area contributed by atoms with Crippen LogP contribution in [-0.2, 0) is 16.1 Å². The third-order valence-electron chi connectivity index (χ3n) is 4.67. The molecule has 0 spiro atoms. The standard InChI is InChI=1S/C24H26N2OS/c1-19(27)26-18-20-9-8-14-23(17-20)24(28-16-15-25,21-10-4-2-5-11-21)22-12-6-3-7-13-22/h2-14,17H,15-16,18,25H2,1H3,(H,26,27). The van der Waals surface area contributed by atoms with Crippen LogP contribution in [0.5, 0.6) is 0 Å². The van der Waals surface area contributed by atoms with Gasteiger partial charge in [0, 0.05) is 25.8 Å². The molecule has 3 aromatic carbocycles. The fraction of sp³-hybridized carbons (Fsp3) is 0.208. The molecular formula is C24H26N2OS. The lowest BCUT2D eigenvalue weighted by atomic mass is 9.83. The van der Waals surface area contributed by atoms with E-state index in [1.54, 1.807) is 6.92 Å². The van der Waals surface area contributed by atoms with Gasteiger partial charge in [0.25, 0.3) is 0 Å². The number of thioether (sulfide) groups is 1. The molecule has 3 N–H and O–H groups in total. The molecule has 3 aromatic rings. The Labute approximate surface area is 171 Å². The molecule has 0 unspecified atom stereocenters. The lowest BCUT2D eigenvalue weighted by molar-refractivity contribution is -0.119.